The molecule has 2 unspecified atom stereocenters. The van der Waals surface area contributed by atoms with Gasteiger partial charge in [-0.1, -0.05) is 18.3 Å². The molecular weight excluding hydrogens is 316 g/mol. The molecule has 2 rings (SSSR count). The number of nitrogens with zero attached hydrogens (tertiary/aromatic N) is 4. The smallest absolute Gasteiger partial charge is 0.328 e. The van der Waals surface area contributed by atoms with Gasteiger partial charge in [-0.25, -0.2) is 9.69 Å². The topological polar surface area (TPSA) is 78.8 Å². The predicted octanol–water partition coefficient (Wildman–Crippen LogP) is 1.82. The molecule has 118 valence electrons. The Bertz CT molecular complexity index is 487. The van der Waals surface area contributed by atoms with E-state index in [2.05, 4.69) is 10.2 Å². The monoisotopic (exact) mass is 334 g/mol. The molecule has 1 aromatic rings. The first-order valence-corrected chi connectivity index (χ1v) is 8.17. The van der Waals surface area contributed by atoms with Crippen LogP contribution in [0.4, 0.5) is 9.93 Å². The lowest BCUT2D eigenvalue weighted by atomic mass is 10.3. The number of rotatable bonds is 7. The van der Waals surface area contributed by atoms with Gasteiger partial charge in [0.25, 0.3) is 0 Å². The van der Waals surface area contributed by atoms with E-state index >= 15 is 0 Å². The van der Waals surface area contributed by atoms with Crippen LogP contribution in [0.5, 0.6) is 0 Å². The number of hydrogen-bond acceptors (Lipinski definition) is 6. The number of halogens is 1. The SMILES string of the molecule is CCCOC(CCCl)c1nnc(N2C(=O)N(C)CC2O)s1. The Morgan fingerprint density at radius 2 is 2.33 bits per heavy atom. The molecule has 2 atom stereocenters. The first kappa shape index (κ1) is 16.4. The second kappa shape index (κ2) is 7.35. The quantitative estimate of drug-likeness (QED) is 0.769. The largest absolute Gasteiger partial charge is 0.371 e. The van der Waals surface area contributed by atoms with Crippen molar-refractivity contribution < 1.29 is 14.6 Å². The fourth-order valence-electron chi connectivity index (χ4n) is 2.02. The normalized spacial score (nSPS) is 20.4. The van der Waals surface area contributed by atoms with Gasteiger partial charge in [-0.05, 0) is 12.8 Å². The van der Waals surface area contributed by atoms with E-state index in [0.29, 0.717) is 29.0 Å². The molecule has 0 radical (unpaired) electrons. The number of amides is 2. The molecule has 1 aliphatic heterocycles. The Morgan fingerprint density at radius 3 is 2.90 bits per heavy atom. The molecule has 0 saturated carbocycles. The van der Waals surface area contributed by atoms with E-state index in [0.717, 1.165) is 6.42 Å². The predicted molar refractivity (Wildman–Crippen MR) is 80.7 cm³/mol. The summed E-state index contributed by atoms with van der Waals surface area (Å²) in [6, 6.07) is -0.284. The van der Waals surface area contributed by atoms with Gasteiger partial charge in [0.05, 0.1) is 6.54 Å². The Kier molecular flexibility index (Phi) is 5.74. The van der Waals surface area contributed by atoms with Crippen LogP contribution >= 0.6 is 22.9 Å². The highest BCUT2D eigenvalue weighted by molar-refractivity contribution is 7.15. The molecule has 7 nitrogen and oxygen atoms in total. The fraction of sp³-hybridized carbons (Fsp3) is 0.750. The number of anilines is 1. The lowest BCUT2D eigenvalue weighted by Crippen LogP contribution is -2.34. The van der Waals surface area contributed by atoms with Gasteiger partial charge in [0, 0.05) is 19.5 Å². The molecule has 2 amide bonds. The van der Waals surface area contributed by atoms with Crippen LogP contribution in [0.3, 0.4) is 0 Å². The number of carbonyl (C=O) groups is 1. The Hall–Kier alpha value is -0.960. The minimum Gasteiger partial charge on any atom is -0.371 e. The van der Waals surface area contributed by atoms with Crippen molar-refractivity contribution in [1.82, 2.24) is 15.1 Å². The summed E-state index contributed by atoms with van der Waals surface area (Å²) in [5.41, 5.74) is 0. The summed E-state index contributed by atoms with van der Waals surface area (Å²) < 4.78 is 5.72. The zero-order chi connectivity index (χ0) is 15.4. The van der Waals surface area contributed by atoms with Crippen LogP contribution < -0.4 is 4.90 Å². The molecule has 0 aliphatic carbocycles. The van der Waals surface area contributed by atoms with Crippen LogP contribution in [0, 0.1) is 0 Å². The molecule has 21 heavy (non-hydrogen) atoms. The second-order valence-electron chi connectivity index (χ2n) is 4.77. The third-order valence-electron chi connectivity index (χ3n) is 3.07. The van der Waals surface area contributed by atoms with Crippen molar-refractivity contribution in [1.29, 1.82) is 0 Å². The average Bonchev–Trinajstić information content (AvgIpc) is 3.01. The fourth-order valence-corrected chi connectivity index (χ4v) is 3.18. The number of urea groups is 1. The summed E-state index contributed by atoms with van der Waals surface area (Å²) in [5, 5.41) is 19.1. The van der Waals surface area contributed by atoms with Crippen molar-refractivity contribution in [3.8, 4) is 0 Å². The first-order chi connectivity index (χ1) is 10.1. The number of likely N-dealkylation sites (N-methyl/N-ethyl adjacent to an activating group) is 1. The Labute approximate surface area is 132 Å². The highest BCUT2D eigenvalue weighted by atomic mass is 35.5. The summed E-state index contributed by atoms with van der Waals surface area (Å²) in [4.78, 5) is 14.7. The molecule has 2 heterocycles. The van der Waals surface area contributed by atoms with E-state index in [4.69, 9.17) is 16.3 Å². The first-order valence-electron chi connectivity index (χ1n) is 6.81. The van der Waals surface area contributed by atoms with Crippen molar-refractivity contribution in [3.05, 3.63) is 5.01 Å². The van der Waals surface area contributed by atoms with Gasteiger partial charge in [-0.2, -0.15) is 0 Å². The summed E-state index contributed by atoms with van der Waals surface area (Å²) in [6.45, 7) is 2.90. The number of aromatic nitrogens is 2. The van der Waals surface area contributed by atoms with Crippen molar-refractivity contribution in [2.75, 3.05) is 31.0 Å². The molecule has 1 saturated heterocycles. The van der Waals surface area contributed by atoms with Gasteiger partial charge >= 0.3 is 6.03 Å². The number of aliphatic hydroxyl groups excluding tert-OH is 1. The van der Waals surface area contributed by atoms with Crippen molar-refractivity contribution in [3.63, 3.8) is 0 Å². The maximum atomic E-state index is 12.0. The highest BCUT2D eigenvalue weighted by Gasteiger charge is 2.37. The van der Waals surface area contributed by atoms with E-state index in [9.17, 15) is 9.90 Å². The summed E-state index contributed by atoms with van der Waals surface area (Å²) in [7, 11) is 1.63. The number of alkyl halides is 1. The maximum absolute atomic E-state index is 12.0. The standard InChI is InChI=1S/C12H19ClN4O3S/c1-3-6-20-8(4-5-13)10-14-15-11(21-10)17-9(18)7-16(2)12(17)19/h8-9,18H,3-7H2,1-2H3. The van der Waals surface area contributed by atoms with Crippen molar-refractivity contribution in [2.45, 2.75) is 32.1 Å². The van der Waals surface area contributed by atoms with E-state index in [1.165, 1.54) is 21.1 Å². The van der Waals surface area contributed by atoms with Gasteiger partial charge in [0.2, 0.25) is 5.13 Å². The maximum Gasteiger partial charge on any atom is 0.328 e. The zero-order valence-electron chi connectivity index (χ0n) is 12.0. The summed E-state index contributed by atoms with van der Waals surface area (Å²) in [5.74, 6) is 0.456. The van der Waals surface area contributed by atoms with E-state index in [-0.39, 0.29) is 18.7 Å². The molecule has 1 fully saturated rings. The molecule has 0 bridgehead atoms. The van der Waals surface area contributed by atoms with Crippen LogP contribution in [0.25, 0.3) is 0 Å². The van der Waals surface area contributed by atoms with Crippen molar-refractivity contribution >= 4 is 34.1 Å². The van der Waals surface area contributed by atoms with Crippen LogP contribution in [0.2, 0.25) is 0 Å². The number of ether oxygens (including phenoxy) is 1. The molecule has 0 aromatic carbocycles. The van der Waals surface area contributed by atoms with Crippen LogP contribution in [-0.4, -0.2) is 58.5 Å². The number of β-amino-alcohol motifs (C(OH)–C–C–N with tert-alkyl or cyclic N) is 1. The second-order valence-corrected chi connectivity index (χ2v) is 6.14. The highest BCUT2D eigenvalue weighted by Crippen LogP contribution is 2.32. The van der Waals surface area contributed by atoms with Gasteiger partial charge in [0.15, 0.2) is 6.23 Å². The van der Waals surface area contributed by atoms with Gasteiger partial charge in [-0.15, -0.1) is 21.8 Å². The van der Waals surface area contributed by atoms with E-state index < -0.39 is 6.23 Å². The summed E-state index contributed by atoms with van der Waals surface area (Å²) >= 11 is 7.04. The number of aliphatic hydroxyl groups is 1. The minimum absolute atomic E-state index is 0.221. The molecule has 1 aliphatic rings. The summed E-state index contributed by atoms with van der Waals surface area (Å²) in [6.07, 6.45) is 0.415. The van der Waals surface area contributed by atoms with Crippen LogP contribution in [-0.2, 0) is 4.74 Å². The molecule has 1 aromatic heterocycles. The third-order valence-corrected chi connectivity index (χ3v) is 4.31. The molecule has 0 spiro atoms. The van der Waals surface area contributed by atoms with Crippen LogP contribution in [0.1, 0.15) is 30.9 Å². The van der Waals surface area contributed by atoms with Gasteiger partial charge in [-0.3, -0.25) is 0 Å². The minimum atomic E-state index is -0.897. The number of carbonyl (C=O) groups excluding carboxylic acids is 1. The molecule has 9 heteroatoms. The Morgan fingerprint density at radius 1 is 1.57 bits per heavy atom. The molecule has 1 N–H and O–H groups in total. The lowest BCUT2D eigenvalue weighted by Gasteiger charge is -2.15. The number of hydrogen-bond donors (Lipinski definition) is 1. The Balaban J connectivity index is 2.14. The molecular formula is C12H19ClN4O3S. The van der Waals surface area contributed by atoms with Crippen molar-refractivity contribution in [2.24, 2.45) is 0 Å². The average molecular weight is 335 g/mol. The third kappa shape index (κ3) is 3.63. The van der Waals surface area contributed by atoms with E-state index in [1.807, 2.05) is 6.92 Å². The van der Waals surface area contributed by atoms with Gasteiger partial charge < -0.3 is 14.7 Å². The lowest BCUT2D eigenvalue weighted by molar-refractivity contribution is 0.0504. The zero-order valence-corrected chi connectivity index (χ0v) is 13.6. The van der Waals surface area contributed by atoms with E-state index in [1.54, 1.807) is 7.05 Å². The van der Waals surface area contributed by atoms with Crippen LogP contribution in [0.15, 0.2) is 0 Å². The van der Waals surface area contributed by atoms with Gasteiger partial charge in [0.1, 0.15) is 11.1 Å².